The third kappa shape index (κ3) is 3.49. The second kappa shape index (κ2) is 7.43. The number of hydrogen-bond acceptors (Lipinski definition) is 7. The van der Waals surface area contributed by atoms with Crippen LogP contribution in [0.25, 0.3) is 21.8 Å². The van der Waals surface area contributed by atoms with Gasteiger partial charge in [-0.25, -0.2) is 19.3 Å². The number of nitrogen functional groups attached to an aromatic ring is 1. The number of nitrogens with zero attached hydrogens (tertiary/aromatic N) is 3. The molecule has 6 nitrogen and oxygen atoms in total. The summed E-state index contributed by atoms with van der Waals surface area (Å²) in [6.07, 6.45) is 8.90. The number of anilines is 2. The highest BCUT2D eigenvalue weighted by atomic mass is 32.2. The van der Waals surface area contributed by atoms with Gasteiger partial charge in [0.2, 0.25) is 5.95 Å². The maximum absolute atomic E-state index is 15.0. The Labute approximate surface area is 198 Å². The molecule has 2 fully saturated rings. The zero-order chi connectivity index (χ0) is 22.8. The van der Waals surface area contributed by atoms with Gasteiger partial charge in [-0.2, -0.15) is 0 Å². The fourth-order valence-corrected chi connectivity index (χ4v) is 7.92. The van der Waals surface area contributed by atoms with E-state index in [-0.39, 0.29) is 16.5 Å². The van der Waals surface area contributed by atoms with Gasteiger partial charge >= 0.3 is 0 Å². The van der Waals surface area contributed by atoms with Crippen molar-refractivity contribution in [3.05, 3.63) is 53.4 Å². The largest absolute Gasteiger partial charge is 0.396 e. The second-order valence-corrected chi connectivity index (χ2v) is 12.1. The molecule has 0 amide bonds. The Bertz CT molecular complexity index is 1310. The number of allylic oxidation sites excluding steroid dienone is 2. The van der Waals surface area contributed by atoms with Crippen LogP contribution in [0.15, 0.2) is 42.6 Å². The molecule has 0 radical (unpaired) electrons. The maximum Gasteiger partial charge on any atom is 0.223 e. The normalized spacial score (nSPS) is 29.9. The van der Waals surface area contributed by atoms with Gasteiger partial charge in [0.25, 0.3) is 0 Å². The fourth-order valence-electron chi connectivity index (χ4n) is 4.98. The maximum atomic E-state index is 15.0. The molecule has 1 saturated carbocycles. The smallest absolute Gasteiger partial charge is 0.223 e. The molecule has 3 N–H and O–H groups in total. The van der Waals surface area contributed by atoms with E-state index in [0.29, 0.717) is 28.9 Å². The lowest BCUT2D eigenvalue weighted by molar-refractivity contribution is 0.159. The van der Waals surface area contributed by atoms with Gasteiger partial charge in [-0.3, -0.25) is 4.21 Å². The molecule has 1 aliphatic heterocycles. The summed E-state index contributed by atoms with van der Waals surface area (Å²) in [7, 11) is -0.635. The van der Waals surface area contributed by atoms with E-state index in [1.165, 1.54) is 0 Å². The SMILES string of the molecule is CC1(c2nc(-c3cccc(N)c3F)c(-c3ccnc(NC4CC5(C4)CS(=O)C5)n3)s2)C=CC1. The quantitative estimate of drug-likeness (QED) is 0.411. The van der Waals surface area contributed by atoms with Crippen molar-refractivity contribution < 1.29 is 8.60 Å². The number of thiazole rings is 1. The van der Waals surface area contributed by atoms with Crippen molar-refractivity contribution in [2.45, 2.75) is 37.6 Å². The lowest BCUT2D eigenvalue weighted by atomic mass is 9.67. The minimum Gasteiger partial charge on any atom is -0.396 e. The topological polar surface area (TPSA) is 93.8 Å². The Morgan fingerprint density at radius 3 is 2.73 bits per heavy atom. The van der Waals surface area contributed by atoms with Crippen molar-refractivity contribution in [2.75, 3.05) is 22.6 Å². The predicted octanol–water partition coefficient (Wildman–Crippen LogP) is 4.53. The number of halogens is 1. The summed E-state index contributed by atoms with van der Waals surface area (Å²) in [4.78, 5) is 14.9. The zero-order valence-corrected chi connectivity index (χ0v) is 19.8. The van der Waals surface area contributed by atoms with E-state index in [9.17, 15) is 8.60 Å². The van der Waals surface area contributed by atoms with Crippen LogP contribution in [0.3, 0.4) is 0 Å². The summed E-state index contributed by atoms with van der Waals surface area (Å²) >= 11 is 1.54. The van der Waals surface area contributed by atoms with Crippen LogP contribution in [0, 0.1) is 11.2 Å². The Hall–Kier alpha value is -2.65. The Morgan fingerprint density at radius 1 is 1.24 bits per heavy atom. The van der Waals surface area contributed by atoms with Crippen LogP contribution in [0.4, 0.5) is 16.0 Å². The molecule has 1 atom stereocenters. The molecule has 1 unspecified atom stereocenters. The van der Waals surface area contributed by atoms with E-state index in [4.69, 9.17) is 15.7 Å². The first-order valence-corrected chi connectivity index (χ1v) is 13.3. The van der Waals surface area contributed by atoms with Crippen molar-refractivity contribution in [2.24, 2.45) is 5.41 Å². The molecule has 9 heteroatoms. The van der Waals surface area contributed by atoms with Crippen LogP contribution in [0.2, 0.25) is 0 Å². The molecule has 2 aromatic heterocycles. The summed E-state index contributed by atoms with van der Waals surface area (Å²) in [5.41, 5.74) is 7.72. The number of nitrogens with two attached hydrogens (primary N) is 1. The number of aromatic nitrogens is 3. The van der Waals surface area contributed by atoms with E-state index in [0.717, 1.165) is 40.7 Å². The highest BCUT2D eigenvalue weighted by molar-refractivity contribution is 7.86. The van der Waals surface area contributed by atoms with Gasteiger partial charge < -0.3 is 11.1 Å². The van der Waals surface area contributed by atoms with Gasteiger partial charge in [-0.05, 0) is 49.8 Å². The second-order valence-electron chi connectivity index (χ2n) is 9.67. The van der Waals surface area contributed by atoms with E-state index in [1.54, 1.807) is 35.7 Å². The van der Waals surface area contributed by atoms with E-state index in [1.807, 2.05) is 6.07 Å². The lowest BCUT2D eigenvalue weighted by Gasteiger charge is -2.53. The highest BCUT2D eigenvalue weighted by Gasteiger charge is 2.52. The molecular weight excluding hydrogens is 457 g/mol. The van der Waals surface area contributed by atoms with Crippen LogP contribution in [-0.2, 0) is 16.2 Å². The molecule has 6 rings (SSSR count). The van der Waals surface area contributed by atoms with Crippen LogP contribution in [0.1, 0.15) is 31.2 Å². The lowest BCUT2D eigenvalue weighted by Crippen LogP contribution is -2.57. The summed E-state index contributed by atoms with van der Waals surface area (Å²) < 4.78 is 26.5. The number of hydrogen-bond donors (Lipinski definition) is 2. The average Bonchev–Trinajstić information content (AvgIpc) is 3.17. The molecule has 3 aliphatic rings. The molecule has 170 valence electrons. The van der Waals surface area contributed by atoms with E-state index < -0.39 is 16.6 Å². The highest BCUT2D eigenvalue weighted by Crippen LogP contribution is 2.49. The molecule has 33 heavy (non-hydrogen) atoms. The van der Waals surface area contributed by atoms with Gasteiger partial charge in [-0.15, -0.1) is 11.3 Å². The van der Waals surface area contributed by atoms with Gasteiger partial charge in [0.1, 0.15) is 5.01 Å². The fraction of sp³-hybridized carbons (Fsp3) is 0.375. The molecule has 1 saturated heterocycles. The van der Waals surface area contributed by atoms with E-state index in [2.05, 4.69) is 29.4 Å². The molecule has 3 aromatic rings. The van der Waals surface area contributed by atoms with Gasteiger partial charge in [0.05, 0.1) is 22.0 Å². The van der Waals surface area contributed by atoms with Crippen LogP contribution in [-0.4, -0.2) is 36.7 Å². The van der Waals surface area contributed by atoms with Crippen molar-refractivity contribution in [3.8, 4) is 21.8 Å². The Kier molecular flexibility index (Phi) is 4.71. The monoisotopic (exact) mass is 481 g/mol. The first kappa shape index (κ1) is 20.9. The van der Waals surface area contributed by atoms with Crippen molar-refractivity contribution >= 4 is 33.8 Å². The third-order valence-electron chi connectivity index (χ3n) is 6.94. The summed E-state index contributed by atoms with van der Waals surface area (Å²) in [6.45, 7) is 2.14. The number of nitrogens with one attached hydrogen (secondary N) is 1. The summed E-state index contributed by atoms with van der Waals surface area (Å²) in [5, 5.41) is 4.36. The zero-order valence-electron chi connectivity index (χ0n) is 18.2. The van der Waals surface area contributed by atoms with Gasteiger partial charge in [0.15, 0.2) is 5.82 Å². The summed E-state index contributed by atoms with van der Waals surface area (Å²) in [6, 6.07) is 7.14. The predicted molar refractivity (Wildman–Crippen MR) is 131 cm³/mol. The Balaban J connectivity index is 1.34. The summed E-state index contributed by atoms with van der Waals surface area (Å²) in [5.74, 6) is 1.72. The molecule has 2 aliphatic carbocycles. The van der Waals surface area contributed by atoms with Crippen LogP contribution < -0.4 is 11.1 Å². The molecule has 0 bridgehead atoms. The molecule has 1 spiro atoms. The van der Waals surface area contributed by atoms with Gasteiger partial charge in [0, 0.05) is 45.5 Å². The first-order valence-electron chi connectivity index (χ1n) is 11.0. The first-order chi connectivity index (χ1) is 15.8. The van der Waals surface area contributed by atoms with E-state index >= 15 is 0 Å². The minimum absolute atomic E-state index is 0.101. The average molecular weight is 482 g/mol. The number of rotatable bonds is 5. The molecule has 1 aromatic carbocycles. The van der Waals surface area contributed by atoms with Crippen LogP contribution in [0.5, 0.6) is 0 Å². The Morgan fingerprint density at radius 2 is 2.03 bits per heavy atom. The molecule has 3 heterocycles. The van der Waals surface area contributed by atoms with Gasteiger partial charge in [-0.1, -0.05) is 18.2 Å². The van der Waals surface area contributed by atoms with Crippen LogP contribution >= 0.6 is 11.3 Å². The number of benzene rings is 1. The van der Waals surface area contributed by atoms with Crippen molar-refractivity contribution in [1.82, 2.24) is 15.0 Å². The standard InChI is InChI=1S/C24H24FN5OS2/c1-23(7-3-8-23)21-30-19(15-4-2-5-16(26)18(15)25)20(32-21)17-6-9-27-22(29-17)28-14-10-24(11-14)12-33(31)13-24/h2-7,9,14H,8,10-13,26H2,1H3,(H,27,28,29). The third-order valence-corrected chi connectivity index (χ3v) is 10.2. The van der Waals surface area contributed by atoms with Crippen molar-refractivity contribution in [3.63, 3.8) is 0 Å². The minimum atomic E-state index is -0.635. The van der Waals surface area contributed by atoms with Crippen molar-refractivity contribution in [1.29, 1.82) is 0 Å². The molecular formula is C24H24FN5OS2.